The molecule has 12 heavy (non-hydrogen) atoms. The molecule has 0 radical (unpaired) electrons. The molecule has 0 aliphatic heterocycles. The lowest BCUT2D eigenvalue weighted by Gasteiger charge is -2.08. The van der Waals surface area contributed by atoms with E-state index in [1.54, 1.807) is 0 Å². The summed E-state index contributed by atoms with van der Waals surface area (Å²) in [7, 11) is 0. The Balaban J connectivity index is 2.90. The summed E-state index contributed by atoms with van der Waals surface area (Å²) < 4.78 is 0.611. The standard InChI is InChI=1S/C4H7N3O5/c8-3-1-7(12)5-6(3)2-4(9,10)11/h1,9-11H,2H2,(H-,5,8,12)/p+1. The summed E-state index contributed by atoms with van der Waals surface area (Å²) in [6.45, 7) is -0.778. The highest BCUT2D eigenvalue weighted by molar-refractivity contribution is 4.63. The predicted octanol–water partition coefficient (Wildman–Crippen LogP) is -3.67. The van der Waals surface area contributed by atoms with Crippen molar-refractivity contribution in [1.29, 1.82) is 0 Å². The summed E-state index contributed by atoms with van der Waals surface area (Å²) >= 11 is 0. The van der Waals surface area contributed by atoms with E-state index >= 15 is 0 Å². The third-order valence-corrected chi connectivity index (χ3v) is 1.09. The maximum atomic E-state index is 10.7. The highest BCUT2D eigenvalue weighted by Crippen LogP contribution is 1.92. The van der Waals surface area contributed by atoms with Gasteiger partial charge in [-0.2, -0.15) is 0 Å². The SMILES string of the molecule is O=c1c[n+](O)[nH]n1CC(O)(O)O. The average Bonchev–Trinajstić information content (AvgIpc) is 2.06. The molecule has 68 valence electrons. The minimum Gasteiger partial charge on any atom is -0.340 e. The lowest BCUT2D eigenvalue weighted by molar-refractivity contribution is -0.949. The van der Waals surface area contributed by atoms with Crippen molar-refractivity contribution in [3.8, 4) is 0 Å². The minimum absolute atomic E-state index is 0.327. The molecule has 0 saturated heterocycles. The fourth-order valence-corrected chi connectivity index (χ4v) is 0.702. The van der Waals surface area contributed by atoms with Gasteiger partial charge < -0.3 is 20.5 Å². The second kappa shape index (κ2) is 2.59. The maximum absolute atomic E-state index is 10.7. The van der Waals surface area contributed by atoms with Crippen LogP contribution < -0.4 is 10.4 Å². The molecule has 0 aromatic carbocycles. The molecule has 1 heterocycles. The van der Waals surface area contributed by atoms with Crippen LogP contribution in [0.1, 0.15) is 0 Å². The summed E-state index contributed by atoms with van der Waals surface area (Å²) in [6, 6.07) is 0. The van der Waals surface area contributed by atoms with Gasteiger partial charge in [0.2, 0.25) is 0 Å². The quantitative estimate of drug-likeness (QED) is 0.181. The summed E-state index contributed by atoms with van der Waals surface area (Å²) in [5.74, 6) is -2.98. The van der Waals surface area contributed by atoms with Crippen molar-refractivity contribution in [2.75, 3.05) is 0 Å². The van der Waals surface area contributed by atoms with Crippen LogP contribution in [0.4, 0.5) is 0 Å². The smallest absolute Gasteiger partial charge is 0.340 e. The number of aromatic nitrogens is 3. The lowest BCUT2D eigenvalue weighted by Crippen LogP contribution is -2.38. The highest BCUT2D eigenvalue weighted by Gasteiger charge is 2.25. The topological polar surface area (TPSA) is 123 Å². The number of aromatic amines is 1. The zero-order chi connectivity index (χ0) is 9.35. The third kappa shape index (κ3) is 2.05. The number of H-pyrrole nitrogens is 1. The Bertz CT molecular complexity index is 320. The van der Waals surface area contributed by atoms with Gasteiger partial charge in [0, 0.05) is 4.85 Å². The Labute approximate surface area is 65.5 Å². The molecule has 0 fully saturated rings. The molecule has 5 N–H and O–H groups in total. The second-order valence-electron chi connectivity index (χ2n) is 2.27. The molecule has 0 spiro atoms. The van der Waals surface area contributed by atoms with Crippen LogP contribution in [-0.4, -0.2) is 36.4 Å². The van der Waals surface area contributed by atoms with Crippen LogP contribution in [0.15, 0.2) is 11.0 Å². The van der Waals surface area contributed by atoms with Crippen molar-refractivity contribution in [1.82, 2.24) is 9.90 Å². The lowest BCUT2D eigenvalue weighted by atomic mass is 10.5. The van der Waals surface area contributed by atoms with Crippen LogP contribution in [0.2, 0.25) is 0 Å². The van der Waals surface area contributed by atoms with Gasteiger partial charge in [0.05, 0.1) is 0 Å². The van der Waals surface area contributed by atoms with E-state index < -0.39 is 18.1 Å². The van der Waals surface area contributed by atoms with Crippen LogP contribution in [0.3, 0.4) is 0 Å². The third-order valence-electron chi connectivity index (χ3n) is 1.09. The molecule has 0 saturated carbocycles. The van der Waals surface area contributed by atoms with E-state index in [1.165, 1.54) is 0 Å². The van der Waals surface area contributed by atoms with Gasteiger partial charge >= 0.3 is 11.5 Å². The molecule has 0 aliphatic rings. The molecule has 0 atom stereocenters. The van der Waals surface area contributed by atoms with Gasteiger partial charge in [-0.25, -0.2) is 4.79 Å². The Morgan fingerprint density at radius 1 is 1.58 bits per heavy atom. The number of hydrogen-bond donors (Lipinski definition) is 5. The molecule has 1 aromatic heterocycles. The van der Waals surface area contributed by atoms with Crippen molar-refractivity contribution in [2.45, 2.75) is 12.5 Å². The fourth-order valence-electron chi connectivity index (χ4n) is 0.702. The molecule has 0 aliphatic carbocycles. The van der Waals surface area contributed by atoms with E-state index in [1.807, 2.05) is 5.21 Å². The van der Waals surface area contributed by atoms with E-state index in [-0.39, 0.29) is 0 Å². The monoisotopic (exact) mass is 178 g/mol. The van der Waals surface area contributed by atoms with E-state index in [2.05, 4.69) is 0 Å². The number of nitrogens with one attached hydrogen (secondary N) is 1. The van der Waals surface area contributed by atoms with Crippen LogP contribution in [-0.2, 0) is 6.54 Å². The van der Waals surface area contributed by atoms with E-state index in [4.69, 9.17) is 20.5 Å². The number of rotatable bonds is 2. The van der Waals surface area contributed by atoms with E-state index in [9.17, 15) is 4.79 Å². The Morgan fingerprint density at radius 3 is 2.50 bits per heavy atom. The minimum atomic E-state index is -2.98. The molecule has 0 amide bonds. The van der Waals surface area contributed by atoms with Gasteiger partial charge in [-0.15, -0.1) is 4.68 Å². The summed E-state index contributed by atoms with van der Waals surface area (Å²) in [4.78, 5) is 11.1. The summed E-state index contributed by atoms with van der Waals surface area (Å²) in [6.07, 6.45) is 0.756. The first-order valence-electron chi connectivity index (χ1n) is 2.96. The predicted molar refractivity (Wildman–Crippen MR) is 31.8 cm³/mol. The summed E-state index contributed by atoms with van der Waals surface area (Å²) in [5.41, 5.74) is -0.709. The van der Waals surface area contributed by atoms with Gasteiger partial charge in [0.1, 0.15) is 0 Å². The first-order chi connectivity index (χ1) is 5.38. The van der Waals surface area contributed by atoms with Crippen molar-refractivity contribution >= 4 is 0 Å². The Hall–Kier alpha value is -1.38. The summed E-state index contributed by atoms with van der Waals surface area (Å²) in [5, 5.41) is 36.0. The highest BCUT2D eigenvalue weighted by atomic mass is 16.7. The average molecular weight is 178 g/mol. The number of nitrogens with zero attached hydrogens (tertiary/aromatic N) is 2. The van der Waals surface area contributed by atoms with Crippen LogP contribution >= 0.6 is 0 Å². The largest absolute Gasteiger partial charge is 0.397 e. The van der Waals surface area contributed by atoms with Crippen LogP contribution in [0.25, 0.3) is 0 Å². The van der Waals surface area contributed by atoms with Crippen LogP contribution in [0, 0.1) is 0 Å². The van der Waals surface area contributed by atoms with Gasteiger partial charge in [-0.1, -0.05) is 5.21 Å². The Morgan fingerprint density at radius 2 is 2.17 bits per heavy atom. The molecule has 0 bridgehead atoms. The fraction of sp³-hybridized carbons (Fsp3) is 0.500. The van der Waals surface area contributed by atoms with Crippen molar-refractivity contribution in [3.05, 3.63) is 16.6 Å². The molecule has 1 rings (SSSR count). The first kappa shape index (κ1) is 8.71. The normalized spacial score (nSPS) is 11.9. The molecule has 8 nitrogen and oxygen atoms in total. The second-order valence-corrected chi connectivity index (χ2v) is 2.27. The van der Waals surface area contributed by atoms with Crippen LogP contribution in [0.5, 0.6) is 0 Å². The van der Waals surface area contributed by atoms with E-state index in [0.717, 1.165) is 6.20 Å². The molecule has 1 aromatic rings. The molecule has 8 heteroatoms. The maximum Gasteiger partial charge on any atom is 0.397 e. The molecular formula is C4H8N3O5+. The van der Waals surface area contributed by atoms with Gasteiger partial charge in [-0.3, -0.25) is 0 Å². The number of aliphatic hydroxyl groups is 3. The first-order valence-corrected chi connectivity index (χ1v) is 2.96. The zero-order valence-electron chi connectivity index (χ0n) is 5.88. The Kier molecular flexibility index (Phi) is 1.88. The molecular weight excluding hydrogens is 170 g/mol. The van der Waals surface area contributed by atoms with Gasteiger partial charge in [0.25, 0.3) is 6.20 Å². The van der Waals surface area contributed by atoms with Gasteiger partial charge in [-0.05, 0) is 0 Å². The van der Waals surface area contributed by atoms with Crippen molar-refractivity contribution < 1.29 is 25.4 Å². The van der Waals surface area contributed by atoms with Crippen molar-refractivity contribution in [3.63, 3.8) is 0 Å². The molecule has 0 unspecified atom stereocenters. The zero-order valence-corrected chi connectivity index (χ0v) is 5.88. The number of hydrogen-bond acceptors (Lipinski definition) is 5. The van der Waals surface area contributed by atoms with E-state index in [0.29, 0.717) is 9.53 Å². The van der Waals surface area contributed by atoms with Gasteiger partial charge in [0.15, 0.2) is 6.54 Å². The van der Waals surface area contributed by atoms with Crippen molar-refractivity contribution in [2.24, 2.45) is 0 Å².